The molecule has 0 saturated heterocycles. The van der Waals surface area contributed by atoms with E-state index in [-0.39, 0.29) is 21.1 Å². The molecule has 0 atom stereocenters. The third kappa shape index (κ3) is 3.82. The lowest BCUT2D eigenvalue weighted by Gasteiger charge is -2.32. The summed E-state index contributed by atoms with van der Waals surface area (Å²) >= 11 is 2.93. The Morgan fingerprint density at radius 3 is 2.23 bits per heavy atom. The van der Waals surface area contributed by atoms with Crippen molar-refractivity contribution < 1.29 is 14.8 Å². The van der Waals surface area contributed by atoms with Crippen molar-refractivity contribution in [2.75, 3.05) is 0 Å². The summed E-state index contributed by atoms with van der Waals surface area (Å²) in [5, 5.41) is 22.3. The molecule has 1 aliphatic heterocycles. The first-order chi connectivity index (χ1) is 9.99. The fraction of sp³-hybridized carbons (Fsp3) is 0.429. The Hall–Kier alpha value is -1.96. The number of aromatic carboxylic acids is 1. The van der Waals surface area contributed by atoms with E-state index in [9.17, 15) is 14.9 Å². The standard InChI is InChI=1S/C7H4BrNO4.C7H14N2/c8-4-2-1-3-5(9(12)13)6(4)7(10)11;1-6(2)7(3,4)9-5-8-6/h1-3H,(H,10,11);5H,1-4H3,(H,8,9). The first-order valence-corrected chi connectivity index (χ1v) is 7.26. The Morgan fingerprint density at radius 1 is 1.36 bits per heavy atom. The first kappa shape index (κ1) is 18.1. The van der Waals surface area contributed by atoms with Crippen LogP contribution >= 0.6 is 15.9 Å². The summed E-state index contributed by atoms with van der Waals surface area (Å²) in [7, 11) is 0. The number of rotatable bonds is 2. The topological polar surface area (TPSA) is 105 Å². The number of benzene rings is 1. The monoisotopic (exact) mass is 371 g/mol. The van der Waals surface area contributed by atoms with Crippen molar-refractivity contribution in [2.24, 2.45) is 4.99 Å². The van der Waals surface area contributed by atoms with E-state index in [0.29, 0.717) is 0 Å². The maximum absolute atomic E-state index is 10.6. The number of nitro benzene ring substituents is 1. The summed E-state index contributed by atoms with van der Waals surface area (Å²) in [4.78, 5) is 24.6. The van der Waals surface area contributed by atoms with E-state index in [1.807, 2.05) is 0 Å². The minimum absolute atomic E-state index is 0.0486. The molecule has 0 bridgehead atoms. The number of nitrogens with zero attached hydrogens (tertiary/aromatic N) is 2. The van der Waals surface area contributed by atoms with Gasteiger partial charge in [-0.2, -0.15) is 0 Å². The highest BCUT2D eigenvalue weighted by Gasteiger charge is 2.38. The molecule has 2 rings (SSSR count). The SMILES string of the molecule is CC1(C)N=CNC1(C)C.O=C(O)c1c(Br)cccc1[N+](=O)[O-]. The van der Waals surface area contributed by atoms with Gasteiger partial charge < -0.3 is 10.4 Å². The predicted octanol–water partition coefficient (Wildman–Crippen LogP) is 3.23. The molecule has 0 aromatic heterocycles. The van der Waals surface area contributed by atoms with Crippen LogP contribution in [0, 0.1) is 10.1 Å². The second-order valence-electron chi connectivity index (χ2n) is 5.78. The van der Waals surface area contributed by atoms with Crippen LogP contribution in [-0.2, 0) is 0 Å². The Bertz CT molecular complexity index is 627. The Balaban J connectivity index is 0.000000235. The molecule has 120 valence electrons. The molecule has 0 amide bonds. The molecule has 0 saturated carbocycles. The summed E-state index contributed by atoms with van der Waals surface area (Å²) in [6.45, 7) is 8.56. The van der Waals surface area contributed by atoms with Gasteiger partial charge in [0.25, 0.3) is 5.69 Å². The number of halogens is 1. The zero-order chi connectivity index (χ0) is 17.1. The summed E-state index contributed by atoms with van der Waals surface area (Å²) in [6, 6.07) is 4.00. The van der Waals surface area contributed by atoms with Gasteiger partial charge in [0.2, 0.25) is 0 Å². The lowest BCUT2D eigenvalue weighted by Crippen LogP contribution is -2.48. The third-order valence-corrected chi connectivity index (χ3v) is 4.41. The summed E-state index contributed by atoms with van der Waals surface area (Å²) < 4.78 is 0.203. The van der Waals surface area contributed by atoms with Crippen LogP contribution in [0.4, 0.5) is 5.69 Å². The van der Waals surface area contributed by atoms with Crippen molar-refractivity contribution >= 4 is 33.9 Å². The van der Waals surface area contributed by atoms with Crippen LogP contribution in [0.5, 0.6) is 0 Å². The van der Waals surface area contributed by atoms with Crippen LogP contribution in [0.1, 0.15) is 38.1 Å². The van der Waals surface area contributed by atoms with Gasteiger partial charge in [0.05, 0.1) is 22.3 Å². The molecule has 1 aromatic rings. The highest BCUT2D eigenvalue weighted by molar-refractivity contribution is 9.10. The molecule has 0 fully saturated rings. The van der Waals surface area contributed by atoms with Gasteiger partial charge in [-0.15, -0.1) is 0 Å². The zero-order valence-electron chi connectivity index (χ0n) is 12.8. The smallest absolute Gasteiger partial charge is 0.343 e. The quantitative estimate of drug-likeness (QED) is 0.613. The molecule has 1 heterocycles. The third-order valence-electron chi connectivity index (χ3n) is 3.74. The number of aliphatic imine (C=N–C) groups is 1. The molecule has 0 radical (unpaired) electrons. The molecule has 8 heteroatoms. The van der Waals surface area contributed by atoms with Crippen LogP contribution < -0.4 is 5.32 Å². The minimum atomic E-state index is -1.32. The predicted molar refractivity (Wildman–Crippen MR) is 87.5 cm³/mol. The maximum Gasteiger partial charge on any atom is 0.343 e. The lowest BCUT2D eigenvalue weighted by molar-refractivity contribution is -0.385. The number of carboxylic acid groups (broad SMARTS) is 1. The average molecular weight is 372 g/mol. The zero-order valence-corrected chi connectivity index (χ0v) is 14.3. The van der Waals surface area contributed by atoms with Gasteiger partial charge in [0, 0.05) is 10.5 Å². The van der Waals surface area contributed by atoms with E-state index in [1.54, 1.807) is 6.34 Å². The van der Waals surface area contributed by atoms with Gasteiger partial charge in [0.15, 0.2) is 5.56 Å². The van der Waals surface area contributed by atoms with E-state index < -0.39 is 16.6 Å². The van der Waals surface area contributed by atoms with E-state index in [2.05, 4.69) is 53.9 Å². The molecule has 7 nitrogen and oxygen atoms in total. The van der Waals surface area contributed by atoms with Gasteiger partial charge in [-0.1, -0.05) is 6.07 Å². The van der Waals surface area contributed by atoms with Crippen LogP contribution in [0.2, 0.25) is 0 Å². The molecular formula is C14H18BrN3O4. The summed E-state index contributed by atoms with van der Waals surface area (Å²) in [6.07, 6.45) is 1.79. The Labute approximate surface area is 136 Å². The van der Waals surface area contributed by atoms with Crippen molar-refractivity contribution in [3.8, 4) is 0 Å². The molecular weight excluding hydrogens is 354 g/mol. The Kier molecular flexibility index (Phi) is 5.29. The van der Waals surface area contributed by atoms with Crippen molar-refractivity contribution in [1.82, 2.24) is 5.32 Å². The number of carboxylic acids is 1. The first-order valence-electron chi connectivity index (χ1n) is 6.47. The minimum Gasteiger partial charge on any atom is -0.477 e. The molecule has 2 N–H and O–H groups in total. The highest BCUT2D eigenvalue weighted by Crippen LogP contribution is 2.27. The van der Waals surface area contributed by atoms with Gasteiger partial charge >= 0.3 is 5.97 Å². The second-order valence-corrected chi connectivity index (χ2v) is 6.64. The van der Waals surface area contributed by atoms with E-state index in [1.165, 1.54) is 12.1 Å². The van der Waals surface area contributed by atoms with Crippen LogP contribution in [-0.4, -0.2) is 33.4 Å². The second kappa shape index (κ2) is 6.43. The molecule has 0 unspecified atom stereocenters. The maximum atomic E-state index is 10.6. The van der Waals surface area contributed by atoms with Gasteiger partial charge in [0.1, 0.15) is 0 Å². The van der Waals surface area contributed by atoms with Crippen LogP contribution in [0.25, 0.3) is 0 Å². The van der Waals surface area contributed by atoms with E-state index >= 15 is 0 Å². The lowest BCUT2D eigenvalue weighted by atomic mass is 9.85. The fourth-order valence-corrected chi connectivity index (χ4v) is 2.09. The van der Waals surface area contributed by atoms with Gasteiger partial charge in [-0.3, -0.25) is 15.1 Å². The number of nitrogens with one attached hydrogen (secondary N) is 1. The van der Waals surface area contributed by atoms with Gasteiger partial charge in [-0.25, -0.2) is 4.79 Å². The van der Waals surface area contributed by atoms with Crippen molar-refractivity contribution in [3.05, 3.63) is 38.3 Å². The van der Waals surface area contributed by atoms with Crippen molar-refractivity contribution in [2.45, 2.75) is 38.8 Å². The van der Waals surface area contributed by atoms with Gasteiger partial charge in [-0.05, 0) is 49.7 Å². The average Bonchev–Trinajstić information content (AvgIpc) is 2.61. The molecule has 0 spiro atoms. The molecule has 1 aromatic carbocycles. The number of hydrogen-bond donors (Lipinski definition) is 2. The summed E-state index contributed by atoms with van der Waals surface area (Å²) in [5.74, 6) is -1.32. The number of nitro groups is 1. The largest absolute Gasteiger partial charge is 0.477 e. The van der Waals surface area contributed by atoms with Crippen LogP contribution in [0.15, 0.2) is 27.7 Å². The van der Waals surface area contributed by atoms with Crippen molar-refractivity contribution in [1.29, 1.82) is 0 Å². The highest BCUT2D eigenvalue weighted by atomic mass is 79.9. The van der Waals surface area contributed by atoms with E-state index in [0.717, 1.165) is 6.07 Å². The normalized spacial score (nSPS) is 17.1. The van der Waals surface area contributed by atoms with Crippen LogP contribution in [0.3, 0.4) is 0 Å². The fourth-order valence-electron chi connectivity index (χ4n) is 1.57. The Morgan fingerprint density at radius 2 is 1.95 bits per heavy atom. The van der Waals surface area contributed by atoms with Crippen molar-refractivity contribution in [3.63, 3.8) is 0 Å². The number of hydrogen-bond acceptors (Lipinski definition) is 5. The number of carbonyl (C=O) groups is 1. The summed E-state index contributed by atoms with van der Waals surface area (Å²) in [5.41, 5.74) is -0.575. The van der Waals surface area contributed by atoms with E-state index in [4.69, 9.17) is 5.11 Å². The molecule has 22 heavy (non-hydrogen) atoms. The molecule has 1 aliphatic rings. The molecule has 0 aliphatic carbocycles.